The number of rotatable bonds is 4. The second kappa shape index (κ2) is 6.22. The van der Waals surface area contributed by atoms with E-state index in [0.717, 1.165) is 58.9 Å². The molecule has 20 heavy (non-hydrogen) atoms. The Bertz CT molecular complexity index is 409. The maximum absolute atomic E-state index is 6.37. The van der Waals surface area contributed by atoms with Crippen LogP contribution in [-0.4, -0.2) is 61.3 Å². The molecule has 1 unspecified atom stereocenters. The number of benzene rings is 1. The van der Waals surface area contributed by atoms with E-state index in [1.807, 2.05) is 0 Å². The summed E-state index contributed by atoms with van der Waals surface area (Å²) in [5.74, 6) is 0. The summed E-state index contributed by atoms with van der Waals surface area (Å²) in [6.07, 6.45) is 0.997. The molecular formula is C16H25N3O. The average molecular weight is 275 g/mol. The molecule has 0 amide bonds. The number of hydrogen-bond donors (Lipinski definition) is 1. The standard InChI is InChI=1S/C16H25N3O/c17-16(6-11-20-14-16)13-19-9-7-18(8-10-19)12-15-4-2-1-3-5-15/h1-5H,6-14,17H2. The molecule has 0 aromatic heterocycles. The normalized spacial score (nSPS) is 28.9. The Balaban J connectivity index is 1.45. The van der Waals surface area contributed by atoms with Gasteiger partial charge in [0.25, 0.3) is 0 Å². The Morgan fingerprint density at radius 3 is 2.40 bits per heavy atom. The Hall–Kier alpha value is -0.940. The van der Waals surface area contributed by atoms with Gasteiger partial charge in [-0.1, -0.05) is 30.3 Å². The molecule has 0 aliphatic carbocycles. The predicted molar refractivity (Wildman–Crippen MR) is 80.5 cm³/mol. The minimum atomic E-state index is -0.110. The summed E-state index contributed by atoms with van der Waals surface area (Å²) in [6.45, 7) is 8.08. The second-order valence-corrected chi connectivity index (χ2v) is 6.20. The van der Waals surface area contributed by atoms with Crippen LogP contribution < -0.4 is 5.73 Å². The van der Waals surface area contributed by atoms with Crippen LogP contribution in [0.1, 0.15) is 12.0 Å². The van der Waals surface area contributed by atoms with Crippen LogP contribution in [0, 0.1) is 0 Å². The van der Waals surface area contributed by atoms with Gasteiger partial charge in [0, 0.05) is 45.9 Å². The van der Waals surface area contributed by atoms with Gasteiger partial charge in [-0.2, -0.15) is 0 Å². The van der Waals surface area contributed by atoms with Gasteiger partial charge < -0.3 is 10.5 Å². The molecule has 2 aliphatic heterocycles. The van der Waals surface area contributed by atoms with Crippen molar-refractivity contribution in [3.8, 4) is 0 Å². The molecule has 2 saturated heterocycles. The highest BCUT2D eigenvalue weighted by Gasteiger charge is 2.33. The molecule has 0 bridgehead atoms. The van der Waals surface area contributed by atoms with Gasteiger partial charge in [0.2, 0.25) is 0 Å². The SMILES string of the molecule is NC1(CN2CCN(Cc3ccccc3)CC2)CCOC1. The maximum atomic E-state index is 6.37. The van der Waals surface area contributed by atoms with Crippen molar-refractivity contribution in [1.29, 1.82) is 0 Å². The first-order valence-electron chi connectivity index (χ1n) is 7.59. The van der Waals surface area contributed by atoms with E-state index in [1.165, 1.54) is 5.56 Å². The van der Waals surface area contributed by atoms with E-state index in [9.17, 15) is 0 Å². The van der Waals surface area contributed by atoms with Crippen LogP contribution in [0.2, 0.25) is 0 Å². The molecule has 0 radical (unpaired) electrons. The summed E-state index contributed by atoms with van der Waals surface area (Å²) < 4.78 is 5.44. The molecule has 2 heterocycles. The summed E-state index contributed by atoms with van der Waals surface area (Å²) in [6, 6.07) is 10.7. The summed E-state index contributed by atoms with van der Waals surface area (Å²) >= 11 is 0. The van der Waals surface area contributed by atoms with E-state index in [1.54, 1.807) is 0 Å². The molecule has 2 fully saturated rings. The average Bonchev–Trinajstić information content (AvgIpc) is 2.89. The van der Waals surface area contributed by atoms with Crippen molar-refractivity contribution < 1.29 is 4.74 Å². The first kappa shape index (κ1) is 14.0. The van der Waals surface area contributed by atoms with Crippen LogP contribution in [0.15, 0.2) is 30.3 Å². The zero-order valence-corrected chi connectivity index (χ0v) is 12.1. The van der Waals surface area contributed by atoms with Crippen molar-refractivity contribution in [2.24, 2.45) is 5.73 Å². The lowest BCUT2D eigenvalue weighted by atomic mass is 9.99. The van der Waals surface area contributed by atoms with Gasteiger partial charge in [-0.15, -0.1) is 0 Å². The second-order valence-electron chi connectivity index (χ2n) is 6.20. The van der Waals surface area contributed by atoms with Crippen molar-refractivity contribution in [1.82, 2.24) is 9.80 Å². The van der Waals surface area contributed by atoms with E-state index in [-0.39, 0.29) is 5.54 Å². The lowest BCUT2D eigenvalue weighted by molar-refractivity contribution is 0.0978. The van der Waals surface area contributed by atoms with Gasteiger partial charge in [0.05, 0.1) is 12.1 Å². The number of ether oxygens (including phenoxy) is 1. The fourth-order valence-electron chi connectivity index (χ4n) is 3.14. The maximum Gasteiger partial charge on any atom is 0.0659 e. The van der Waals surface area contributed by atoms with Crippen molar-refractivity contribution in [2.75, 3.05) is 45.9 Å². The third-order valence-electron chi connectivity index (χ3n) is 4.39. The van der Waals surface area contributed by atoms with Crippen molar-refractivity contribution >= 4 is 0 Å². The largest absolute Gasteiger partial charge is 0.379 e. The molecule has 0 spiro atoms. The highest BCUT2D eigenvalue weighted by Crippen LogP contribution is 2.18. The first-order valence-corrected chi connectivity index (χ1v) is 7.59. The number of nitrogens with zero attached hydrogens (tertiary/aromatic N) is 2. The summed E-state index contributed by atoms with van der Waals surface area (Å²) in [4.78, 5) is 5.02. The highest BCUT2D eigenvalue weighted by molar-refractivity contribution is 5.14. The van der Waals surface area contributed by atoms with Crippen LogP contribution in [0.4, 0.5) is 0 Å². The van der Waals surface area contributed by atoms with E-state index >= 15 is 0 Å². The lowest BCUT2D eigenvalue weighted by Crippen LogP contribution is -2.55. The molecule has 0 saturated carbocycles. The Morgan fingerprint density at radius 1 is 1.05 bits per heavy atom. The third kappa shape index (κ3) is 3.58. The van der Waals surface area contributed by atoms with Crippen LogP contribution in [0.25, 0.3) is 0 Å². The first-order chi connectivity index (χ1) is 9.73. The Morgan fingerprint density at radius 2 is 1.75 bits per heavy atom. The minimum absolute atomic E-state index is 0.110. The fraction of sp³-hybridized carbons (Fsp3) is 0.625. The van der Waals surface area contributed by atoms with Crippen molar-refractivity contribution in [2.45, 2.75) is 18.5 Å². The van der Waals surface area contributed by atoms with E-state index in [0.29, 0.717) is 0 Å². The topological polar surface area (TPSA) is 41.7 Å². The fourth-order valence-corrected chi connectivity index (χ4v) is 3.14. The third-order valence-corrected chi connectivity index (χ3v) is 4.39. The number of nitrogens with two attached hydrogens (primary N) is 1. The molecule has 3 rings (SSSR count). The zero-order valence-electron chi connectivity index (χ0n) is 12.1. The van der Waals surface area contributed by atoms with Crippen molar-refractivity contribution in [3.05, 3.63) is 35.9 Å². The lowest BCUT2D eigenvalue weighted by Gasteiger charge is -2.38. The zero-order chi connectivity index (χ0) is 13.8. The van der Waals surface area contributed by atoms with E-state index < -0.39 is 0 Å². The van der Waals surface area contributed by atoms with Crippen LogP contribution in [0.3, 0.4) is 0 Å². The predicted octanol–water partition coefficient (Wildman–Crippen LogP) is 0.922. The van der Waals surface area contributed by atoms with Crippen molar-refractivity contribution in [3.63, 3.8) is 0 Å². The minimum Gasteiger partial charge on any atom is -0.379 e. The van der Waals surface area contributed by atoms with E-state index in [2.05, 4.69) is 40.1 Å². The van der Waals surface area contributed by atoms with Gasteiger partial charge in [0.1, 0.15) is 0 Å². The Kier molecular flexibility index (Phi) is 4.36. The van der Waals surface area contributed by atoms with Gasteiger partial charge in [-0.05, 0) is 12.0 Å². The number of piperazine rings is 1. The molecule has 110 valence electrons. The molecule has 2 aliphatic rings. The molecule has 2 N–H and O–H groups in total. The van der Waals surface area contributed by atoms with Gasteiger partial charge >= 0.3 is 0 Å². The highest BCUT2D eigenvalue weighted by atomic mass is 16.5. The molecule has 1 aromatic carbocycles. The van der Waals surface area contributed by atoms with Gasteiger partial charge in [0.15, 0.2) is 0 Å². The molecular weight excluding hydrogens is 250 g/mol. The molecule has 1 aromatic rings. The van der Waals surface area contributed by atoms with Crippen LogP contribution in [0.5, 0.6) is 0 Å². The summed E-state index contributed by atoms with van der Waals surface area (Å²) in [5, 5.41) is 0. The van der Waals surface area contributed by atoms with Crippen LogP contribution in [-0.2, 0) is 11.3 Å². The summed E-state index contributed by atoms with van der Waals surface area (Å²) in [7, 11) is 0. The van der Waals surface area contributed by atoms with Crippen LogP contribution >= 0.6 is 0 Å². The summed E-state index contributed by atoms with van der Waals surface area (Å²) in [5.41, 5.74) is 7.66. The van der Waals surface area contributed by atoms with Gasteiger partial charge in [-0.3, -0.25) is 9.80 Å². The number of hydrogen-bond acceptors (Lipinski definition) is 4. The molecule has 1 atom stereocenters. The van der Waals surface area contributed by atoms with E-state index in [4.69, 9.17) is 10.5 Å². The molecule has 4 heteroatoms. The smallest absolute Gasteiger partial charge is 0.0659 e. The quantitative estimate of drug-likeness (QED) is 0.887. The van der Waals surface area contributed by atoms with Gasteiger partial charge in [-0.25, -0.2) is 0 Å². The Labute approximate surface area is 121 Å². The monoisotopic (exact) mass is 275 g/mol. The molecule has 4 nitrogen and oxygen atoms in total.